The smallest absolute Gasteiger partial charge is 0.342 e. The Kier molecular flexibility index (Phi) is 5.46. The summed E-state index contributed by atoms with van der Waals surface area (Å²) in [6.07, 6.45) is 0.804. The van der Waals surface area contributed by atoms with Crippen molar-refractivity contribution in [3.63, 3.8) is 0 Å². The summed E-state index contributed by atoms with van der Waals surface area (Å²) in [5.41, 5.74) is -0.170. The van der Waals surface area contributed by atoms with E-state index in [0.717, 1.165) is 20.3 Å². The normalized spacial score (nSPS) is 10.7. The van der Waals surface area contributed by atoms with Crippen LogP contribution in [-0.4, -0.2) is 39.1 Å². The van der Waals surface area contributed by atoms with Gasteiger partial charge in [-0.3, -0.25) is 4.79 Å². The highest BCUT2D eigenvalue weighted by molar-refractivity contribution is 6.26. The molecule has 1 rings (SSSR count). The fraction of sp³-hybridized carbons (Fsp3) is 0.214. The van der Waals surface area contributed by atoms with Crippen LogP contribution >= 0.6 is 0 Å². The van der Waals surface area contributed by atoms with Crippen LogP contribution in [0, 0.1) is 0 Å². The second-order valence-corrected chi connectivity index (χ2v) is 3.63. The van der Waals surface area contributed by atoms with Crippen LogP contribution in [0.25, 0.3) is 0 Å². The number of carbonyl (C=O) groups excluding carboxylic acids is 3. The molecular weight excluding hydrogens is 264 g/mol. The number of ether oxygens (including phenoxy) is 3. The van der Waals surface area contributed by atoms with Gasteiger partial charge >= 0.3 is 11.9 Å². The van der Waals surface area contributed by atoms with Gasteiger partial charge in [0.05, 0.1) is 21.3 Å². The summed E-state index contributed by atoms with van der Waals surface area (Å²) in [6.45, 7) is 0. The van der Waals surface area contributed by atoms with E-state index < -0.39 is 23.3 Å². The molecule has 0 amide bonds. The molecule has 0 saturated carbocycles. The number of hydrogen-bond acceptors (Lipinski definition) is 6. The Morgan fingerprint density at radius 1 is 0.950 bits per heavy atom. The summed E-state index contributed by atoms with van der Waals surface area (Å²) in [6, 6.07) is 6.10. The molecule has 20 heavy (non-hydrogen) atoms. The molecule has 106 valence electrons. The topological polar surface area (TPSA) is 78.9 Å². The van der Waals surface area contributed by atoms with Crippen molar-refractivity contribution < 1.29 is 28.6 Å². The van der Waals surface area contributed by atoms with Gasteiger partial charge in [0.25, 0.3) is 0 Å². The first-order valence-electron chi connectivity index (χ1n) is 5.60. The molecule has 0 N–H and O–H groups in total. The molecule has 0 unspecified atom stereocenters. The SMILES string of the molecule is COC(=O)/C=C(/C(=O)OC)C(=O)c1ccc(OC)cc1. The van der Waals surface area contributed by atoms with Crippen LogP contribution in [0.4, 0.5) is 0 Å². The number of Topliss-reactive ketones (excluding diaryl/α,β-unsaturated/α-hetero) is 1. The Labute approximate surface area is 115 Å². The first-order chi connectivity index (χ1) is 9.53. The van der Waals surface area contributed by atoms with Gasteiger partial charge in [0.2, 0.25) is 5.78 Å². The lowest BCUT2D eigenvalue weighted by Gasteiger charge is -2.05. The lowest BCUT2D eigenvalue weighted by molar-refractivity contribution is -0.138. The lowest BCUT2D eigenvalue weighted by atomic mass is 10.0. The van der Waals surface area contributed by atoms with Crippen molar-refractivity contribution in [2.75, 3.05) is 21.3 Å². The van der Waals surface area contributed by atoms with E-state index in [1.54, 1.807) is 12.1 Å². The minimum Gasteiger partial charge on any atom is -0.497 e. The molecule has 0 heterocycles. The van der Waals surface area contributed by atoms with Gasteiger partial charge in [-0.2, -0.15) is 0 Å². The number of ketones is 1. The fourth-order valence-electron chi connectivity index (χ4n) is 1.40. The van der Waals surface area contributed by atoms with Crippen LogP contribution in [0.1, 0.15) is 10.4 Å². The maximum absolute atomic E-state index is 12.2. The molecule has 0 fully saturated rings. The molecular formula is C14H14O6. The minimum atomic E-state index is -0.906. The molecule has 0 radical (unpaired) electrons. The molecule has 6 heteroatoms. The standard InChI is InChI=1S/C14H14O6/c1-18-10-6-4-9(5-7-10)13(16)11(14(17)20-3)8-12(15)19-2/h4-8H,1-3H3/b11-8+. The second-order valence-electron chi connectivity index (χ2n) is 3.63. The highest BCUT2D eigenvalue weighted by Gasteiger charge is 2.22. The first-order valence-corrected chi connectivity index (χ1v) is 5.60. The molecule has 1 aromatic carbocycles. The van der Waals surface area contributed by atoms with Crippen molar-refractivity contribution in [3.8, 4) is 5.75 Å². The monoisotopic (exact) mass is 278 g/mol. The predicted octanol–water partition coefficient (Wildman–Crippen LogP) is 1.15. The van der Waals surface area contributed by atoms with Crippen LogP contribution in [0.3, 0.4) is 0 Å². The fourth-order valence-corrected chi connectivity index (χ4v) is 1.40. The number of methoxy groups -OCH3 is 3. The van der Waals surface area contributed by atoms with E-state index in [1.807, 2.05) is 0 Å². The van der Waals surface area contributed by atoms with E-state index in [4.69, 9.17) is 4.74 Å². The molecule has 1 aromatic rings. The maximum atomic E-state index is 12.2. The third-order valence-corrected chi connectivity index (χ3v) is 2.47. The van der Waals surface area contributed by atoms with Crippen molar-refractivity contribution in [1.29, 1.82) is 0 Å². The Morgan fingerprint density at radius 2 is 1.55 bits per heavy atom. The number of rotatable bonds is 5. The Bertz CT molecular complexity index is 541. The highest BCUT2D eigenvalue weighted by Crippen LogP contribution is 2.15. The Hall–Kier alpha value is -2.63. The van der Waals surface area contributed by atoms with E-state index in [1.165, 1.54) is 19.2 Å². The lowest BCUT2D eigenvalue weighted by Crippen LogP contribution is -2.17. The predicted molar refractivity (Wildman–Crippen MR) is 69.4 cm³/mol. The van der Waals surface area contributed by atoms with Crippen molar-refractivity contribution in [1.82, 2.24) is 0 Å². The number of benzene rings is 1. The Morgan fingerprint density at radius 3 is 2.00 bits per heavy atom. The molecule has 6 nitrogen and oxygen atoms in total. The summed E-state index contributed by atoms with van der Waals surface area (Å²) >= 11 is 0. The van der Waals surface area contributed by atoms with Gasteiger partial charge in [0.15, 0.2) is 0 Å². The second kappa shape index (κ2) is 7.08. The summed E-state index contributed by atoms with van der Waals surface area (Å²) < 4.78 is 13.9. The highest BCUT2D eigenvalue weighted by atomic mass is 16.5. The van der Waals surface area contributed by atoms with Gasteiger partial charge in [0.1, 0.15) is 11.3 Å². The van der Waals surface area contributed by atoms with Crippen LogP contribution < -0.4 is 4.74 Å². The minimum absolute atomic E-state index is 0.228. The average Bonchev–Trinajstić information content (AvgIpc) is 2.50. The zero-order valence-corrected chi connectivity index (χ0v) is 11.3. The van der Waals surface area contributed by atoms with Crippen molar-refractivity contribution in [2.45, 2.75) is 0 Å². The van der Waals surface area contributed by atoms with Crippen molar-refractivity contribution in [3.05, 3.63) is 41.5 Å². The quantitative estimate of drug-likeness (QED) is 0.264. The van der Waals surface area contributed by atoms with Crippen molar-refractivity contribution in [2.24, 2.45) is 0 Å². The van der Waals surface area contributed by atoms with E-state index >= 15 is 0 Å². The maximum Gasteiger partial charge on any atom is 0.342 e. The van der Waals surface area contributed by atoms with Gasteiger partial charge in [-0.05, 0) is 24.3 Å². The number of carbonyl (C=O) groups is 3. The van der Waals surface area contributed by atoms with E-state index in [-0.39, 0.29) is 5.56 Å². The third kappa shape index (κ3) is 3.68. The van der Waals surface area contributed by atoms with E-state index in [0.29, 0.717) is 5.75 Å². The summed E-state index contributed by atoms with van der Waals surface area (Å²) in [5, 5.41) is 0. The Balaban J connectivity index is 3.12. The molecule has 0 aliphatic carbocycles. The number of esters is 2. The molecule has 0 aromatic heterocycles. The summed E-state index contributed by atoms with van der Waals surface area (Å²) in [7, 11) is 3.76. The van der Waals surface area contributed by atoms with Crippen molar-refractivity contribution >= 4 is 17.7 Å². The summed E-state index contributed by atoms with van der Waals surface area (Å²) in [5.74, 6) is -1.79. The van der Waals surface area contributed by atoms with Gasteiger partial charge in [-0.25, -0.2) is 9.59 Å². The molecule has 0 spiro atoms. The molecule has 0 aliphatic heterocycles. The summed E-state index contributed by atoms with van der Waals surface area (Å²) in [4.78, 5) is 34.9. The molecule has 0 atom stereocenters. The van der Waals surface area contributed by atoms with E-state index in [2.05, 4.69) is 9.47 Å². The molecule has 0 bridgehead atoms. The van der Waals surface area contributed by atoms with Gasteiger partial charge in [-0.1, -0.05) is 0 Å². The third-order valence-electron chi connectivity index (χ3n) is 2.47. The van der Waals surface area contributed by atoms with E-state index in [9.17, 15) is 14.4 Å². The average molecular weight is 278 g/mol. The zero-order valence-electron chi connectivity index (χ0n) is 11.3. The van der Waals surface area contributed by atoms with Crippen LogP contribution in [0.5, 0.6) is 5.75 Å². The molecule has 0 aliphatic rings. The number of hydrogen-bond donors (Lipinski definition) is 0. The van der Waals surface area contributed by atoms with Crippen LogP contribution in [-0.2, 0) is 19.1 Å². The molecule has 0 saturated heterocycles. The van der Waals surface area contributed by atoms with Gasteiger partial charge < -0.3 is 14.2 Å². The zero-order chi connectivity index (χ0) is 15.1. The largest absolute Gasteiger partial charge is 0.497 e. The first kappa shape index (κ1) is 15.4. The van der Waals surface area contributed by atoms with Crippen LogP contribution in [0.15, 0.2) is 35.9 Å². The van der Waals surface area contributed by atoms with Crippen LogP contribution in [0.2, 0.25) is 0 Å². The van der Waals surface area contributed by atoms with Gasteiger partial charge in [0, 0.05) is 11.6 Å². The van der Waals surface area contributed by atoms with Gasteiger partial charge in [-0.15, -0.1) is 0 Å².